The Labute approximate surface area is 155 Å². The number of carbonyl (C=O) groups is 2. The van der Waals surface area contributed by atoms with E-state index in [1.165, 1.54) is 18.2 Å². The third-order valence-corrected chi connectivity index (χ3v) is 4.03. The average Bonchev–Trinajstić information content (AvgIpc) is 2.63. The van der Waals surface area contributed by atoms with Gasteiger partial charge in [0.15, 0.2) is 5.78 Å². The molecule has 0 amide bonds. The van der Waals surface area contributed by atoms with Crippen molar-refractivity contribution in [2.75, 3.05) is 0 Å². The van der Waals surface area contributed by atoms with Crippen LogP contribution in [-0.4, -0.2) is 11.8 Å². The van der Waals surface area contributed by atoms with E-state index in [9.17, 15) is 14.0 Å². The Bertz CT molecular complexity index is 964. The molecule has 0 N–H and O–H groups in total. The first-order valence-electron chi connectivity index (χ1n) is 7.83. The van der Waals surface area contributed by atoms with E-state index in [2.05, 4.69) is 0 Å². The van der Waals surface area contributed by atoms with Gasteiger partial charge in [0.25, 0.3) is 0 Å². The number of aryl methyl sites for hydroxylation is 1. The van der Waals surface area contributed by atoms with Gasteiger partial charge in [0.1, 0.15) is 11.6 Å². The predicted octanol–water partition coefficient (Wildman–Crippen LogP) is 5.24. The van der Waals surface area contributed by atoms with Gasteiger partial charge in [0.2, 0.25) is 0 Å². The number of ether oxygens (including phenoxy) is 1. The summed E-state index contributed by atoms with van der Waals surface area (Å²) in [6, 6.07) is 16.5. The molecule has 26 heavy (non-hydrogen) atoms. The lowest BCUT2D eigenvalue weighted by Crippen LogP contribution is -2.12. The molecule has 0 spiro atoms. The highest BCUT2D eigenvalue weighted by atomic mass is 35.5. The molecule has 3 aromatic rings. The van der Waals surface area contributed by atoms with Crippen LogP contribution in [0.15, 0.2) is 66.7 Å². The maximum Gasteiger partial charge on any atom is 0.343 e. The van der Waals surface area contributed by atoms with E-state index < -0.39 is 17.6 Å². The first kappa shape index (κ1) is 17.8. The van der Waals surface area contributed by atoms with Crippen LogP contribution in [0.3, 0.4) is 0 Å². The minimum atomic E-state index is -0.661. The highest BCUT2D eigenvalue weighted by Gasteiger charge is 2.19. The SMILES string of the molecule is Cc1ccc(C(=O)c2cc(F)ccc2OC(=O)c2ccc(Cl)cc2)cc1. The molecule has 0 radical (unpaired) electrons. The molecule has 3 nitrogen and oxygen atoms in total. The number of rotatable bonds is 4. The summed E-state index contributed by atoms with van der Waals surface area (Å²) < 4.78 is 19.0. The van der Waals surface area contributed by atoms with Crippen LogP contribution < -0.4 is 4.74 Å². The van der Waals surface area contributed by atoms with E-state index in [4.69, 9.17) is 16.3 Å². The Morgan fingerprint density at radius 1 is 0.885 bits per heavy atom. The van der Waals surface area contributed by atoms with E-state index in [0.717, 1.165) is 17.7 Å². The Balaban J connectivity index is 1.93. The van der Waals surface area contributed by atoms with Crippen LogP contribution in [0, 0.1) is 12.7 Å². The van der Waals surface area contributed by atoms with Crippen molar-refractivity contribution in [3.63, 3.8) is 0 Å². The number of esters is 1. The molecule has 0 saturated heterocycles. The van der Waals surface area contributed by atoms with Crippen LogP contribution in [0.5, 0.6) is 5.75 Å². The van der Waals surface area contributed by atoms with Gasteiger partial charge in [-0.05, 0) is 49.4 Å². The Morgan fingerprint density at radius 3 is 2.15 bits per heavy atom. The Hall–Kier alpha value is -2.98. The zero-order chi connectivity index (χ0) is 18.7. The molecule has 5 heteroatoms. The quantitative estimate of drug-likeness (QED) is 0.359. The lowest BCUT2D eigenvalue weighted by atomic mass is 10.0. The van der Waals surface area contributed by atoms with E-state index in [1.807, 2.05) is 6.92 Å². The maximum absolute atomic E-state index is 13.7. The van der Waals surface area contributed by atoms with Gasteiger partial charge in [-0.1, -0.05) is 41.4 Å². The smallest absolute Gasteiger partial charge is 0.343 e. The molecule has 0 aromatic heterocycles. The molecule has 0 aliphatic carbocycles. The number of carbonyl (C=O) groups excluding carboxylic acids is 2. The summed E-state index contributed by atoms with van der Waals surface area (Å²) in [6.45, 7) is 1.90. The van der Waals surface area contributed by atoms with Crippen molar-refractivity contribution in [1.29, 1.82) is 0 Å². The van der Waals surface area contributed by atoms with Crippen LogP contribution in [0.1, 0.15) is 31.8 Å². The van der Waals surface area contributed by atoms with Crippen molar-refractivity contribution in [2.45, 2.75) is 6.92 Å². The predicted molar refractivity (Wildman–Crippen MR) is 97.4 cm³/mol. The average molecular weight is 369 g/mol. The second-order valence-electron chi connectivity index (χ2n) is 5.73. The summed E-state index contributed by atoms with van der Waals surface area (Å²) in [5, 5.41) is 0.485. The number of benzene rings is 3. The normalized spacial score (nSPS) is 10.4. The summed E-state index contributed by atoms with van der Waals surface area (Å²) in [5.74, 6) is -1.68. The first-order chi connectivity index (χ1) is 12.4. The Kier molecular flexibility index (Phi) is 5.14. The molecule has 0 heterocycles. The zero-order valence-electron chi connectivity index (χ0n) is 13.8. The van der Waals surface area contributed by atoms with Crippen molar-refractivity contribution in [3.8, 4) is 5.75 Å². The Morgan fingerprint density at radius 2 is 1.50 bits per heavy atom. The van der Waals surface area contributed by atoms with E-state index in [-0.39, 0.29) is 16.9 Å². The highest BCUT2D eigenvalue weighted by molar-refractivity contribution is 6.30. The largest absolute Gasteiger partial charge is 0.422 e. The van der Waals surface area contributed by atoms with Crippen LogP contribution in [0.2, 0.25) is 5.02 Å². The molecule has 0 atom stereocenters. The van der Waals surface area contributed by atoms with Crippen molar-refractivity contribution in [2.24, 2.45) is 0 Å². The van der Waals surface area contributed by atoms with Crippen molar-refractivity contribution in [3.05, 3.63) is 99.8 Å². The van der Waals surface area contributed by atoms with Gasteiger partial charge in [-0.3, -0.25) is 4.79 Å². The van der Waals surface area contributed by atoms with Gasteiger partial charge >= 0.3 is 5.97 Å². The topological polar surface area (TPSA) is 43.4 Å². The maximum atomic E-state index is 13.7. The third-order valence-electron chi connectivity index (χ3n) is 3.78. The summed E-state index contributed by atoms with van der Waals surface area (Å²) in [7, 11) is 0. The van der Waals surface area contributed by atoms with E-state index in [1.54, 1.807) is 36.4 Å². The molecule has 0 unspecified atom stereocenters. The van der Waals surface area contributed by atoms with Gasteiger partial charge in [0, 0.05) is 10.6 Å². The van der Waals surface area contributed by atoms with E-state index in [0.29, 0.717) is 10.6 Å². The minimum absolute atomic E-state index is 0.00285. The van der Waals surface area contributed by atoms with Crippen LogP contribution in [0.4, 0.5) is 4.39 Å². The molecule has 0 aliphatic heterocycles. The second kappa shape index (κ2) is 7.50. The lowest BCUT2D eigenvalue weighted by molar-refractivity contribution is 0.0732. The van der Waals surface area contributed by atoms with Crippen molar-refractivity contribution < 1.29 is 18.7 Å². The molecule has 0 saturated carbocycles. The zero-order valence-corrected chi connectivity index (χ0v) is 14.6. The second-order valence-corrected chi connectivity index (χ2v) is 6.17. The standard InChI is InChI=1S/C21H14ClFO3/c1-13-2-4-14(5-3-13)20(24)18-12-17(23)10-11-19(18)26-21(25)15-6-8-16(22)9-7-15/h2-12H,1H3. The fourth-order valence-electron chi connectivity index (χ4n) is 2.37. The summed E-state index contributed by atoms with van der Waals surface area (Å²) in [5.41, 5.74) is 1.63. The molecule has 0 bridgehead atoms. The fourth-order valence-corrected chi connectivity index (χ4v) is 2.50. The van der Waals surface area contributed by atoms with Gasteiger partial charge < -0.3 is 4.74 Å². The number of ketones is 1. The molecule has 0 fully saturated rings. The monoisotopic (exact) mass is 368 g/mol. The van der Waals surface area contributed by atoms with Gasteiger partial charge in [-0.2, -0.15) is 0 Å². The number of halogens is 2. The number of hydrogen-bond donors (Lipinski definition) is 0. The molecule has 130 valence electrons. The van der Waals surface area contributed by atoms with Crippen LogP contribution in [0.25, 0.3) is 0 Å². The molecular weight excluding hydrogens is 355 g/mol. The lowest BCUT2D eigenvalue weighted by Gasteiger charge is -2.10. The molecule has 3 rings (SSSR count). The highest BCUT2D eigenvalue weighted by Crippen LogP contribution is 2.24. The van der Waals surface area contributed by atoms with Crippen molar-refractivity contribution in [1.82, 2.24) is 0 Å². The van der Waals surface area contributed by atoms with Crippen molar-refractivity contribution >= 4 is 23.4 Å². The first-order valence-corrected chi connectivity index (χ1v) is 8.20. The summed E-state index contributed by atoms with van der Waals surface area (Å²) >= 11 is 5.80. The molecule has 3 aromatic carbocycles. The number of hydrogen-bond acceptors (Lipinski definition) is 3. The summed E-state index contributed by atoms with van der Waals surface area (Å²) in [6.07, 6.45) is 0. The van der Waals surface area contributed by atoms with Crippen LogP contribution >= 0.6 is 11.6 Å². The van der Waals surface area contributed by atoms with Gasteiger partial charge in [-0.25, -0.2) is 9.18 Å². The molecule has 0 aliphatic rings. The fraction of sp³-hybridized carbons (Fsp3) is 0.0476. The third kappa shape index (κ3) is 3.98. The minimum Gasteiger partial charge on any atom is -0.422 e. The van der Waals surface area contributed by atoms with E-state index >= 15 is 0 Å². The van der Waals surface area contributed by atoms with Gasteiger partial charge in [-0.15, -0.1) is 0 Å². The van der Waals surface area contributed by atoms with Crippen LogP contribution in [-0.2, 0) is 0 Å². The summed E-state index contributed by atoms with van der Waals surface area (Å²) in [4.78, 5) is 25.0. The molecular formula is C21H14ClFO3. The van der Waals surface area contributed by atoms with Gasteiger partial charge in [0.05, 0.1) is 11.1 Å².